The molecule has 0 bridgehead atoms. The molecule has 2 amide bonds. The first kappa shape index (κ1) is 29.8. The number of thiazole rings is 1. The fraction of sp³-hybridized carbons (Fsp3) is 0.393. The van der Waals surface area contributed by atoms with Crippen molar-refractivity contribution in [3.05, 3.63) is 63.5 Å². The lowest BCUT2D eigenvalue weighted by atomic mass is 10.0. The van der Waals surface area contributed by atoms with E-state index in [4.69, 9.17) is 28.9 Å². The molecule has 4 rings (SSSR count). The summed E-state index contributed by atoms with van der Waals surface area (Å²) in [4.78, 5) is 32.0. The van der Waals surface area contributed by atoms with Gasteiger partial charge >= 0.3 is 0 Å². The summed E-state index contributed by atoms with van der Waals surface area (Å²) in [6, 6.07) is 12.9. The molecule has 11 heteroatoms. The number of aromatic nitrogens is 1. The second-order valence-electron chi connectivity index (χ2n) is 9.99. The molecule has 1 aliphatic heterocycles. The third kappa shape index (κ3) is 8.67. The van der Waals surface area contributed by atoms with E-state index in [1.54, 1.807) is 0 Å². The Morgan fingerprint density at radius 2 is 1.92 bits per heavy atom. The number of hydrogen-bond donors (Lipinski definition) is 3. The first-order chi connectivity index (χ1) is 18.7. The van der Waals surface area contributed by atoms with Crippen LogP contribution in [0.1, 0.15) is 32.3 Å². The number of benzene rings is 2. The lowest BCUT2D eigenvalue weighted by Crippen LogP contribution is -2.44. The average Bonchev–Trinajstić information content (AvgIpc) is 3.39. The number of nitrogens with one attached hydrogen (secondary N) is 2. The van der Waals surface area contributed by atoms with E-state index in [1.165, 1.54) is 23.1 Å². The molecule has 1 aromatic heterocycles. The van der Waals surface area contributed by atoms with Gasteiger partial charge in [0.2, 0.25) is 11.8 Å². The quantitative estimate of drug-likeness (QED) is 0.248. The normalized spacial score (nSPS) is 15.3. The minimum Gasteiger partial charge on any atom is -0.353 e. The molecular weight excluding hydrogens is 573 g/mol. The number of rotatable bonds is 10. The fourth-order valence-electron chi connectivity index (χ4n) is 4.27. The standard InChI is InChI=1S/C28H33Cl2N5O2S2/c1-17(2)26(31)27(37)33-21-5-3-4-19(13-21)24-15-38-28(34-24)39-16-25(36)32-20-8-10-35(11-9-20)14-18-6-7-22(29)23(30)12-18/h3-7,12-13,15,17,20,26H,8-11,14,16,31H2,1-2H3,(H,32,36)(H,33,37)/t26-/m0/s1. The van der Waals surface area contributed by atoms with Gasteiger partial charge in [0.25, 0.3) is 0 Å². The van der Waals surface area contributed by atoms with Crippen molar-refractivity contribution in [2.75, 3.05) is 24.2 Å². The number of carbonyl (C=O) groups is 2. The summed E-state index contributed by atoms with van der Waals surface area (Å²) < 4.78 is 0.827. The van der Waals surface area contributed by atoms with Crippen LogP contribution in [0.15, 0.2) is 52.2 Å². The molecule has 3 aromatic rings. The molecule has 4 N–H and O–H groups in total. The highest BCUT2D eigenvalue weighted by Crippen LogP contribution is 2.30. The zero-order chi connectivity index (χ0) is 27.9. The van der Waals surface area contributed by atoms with Crippen LogP contribution >= 0.6 is 46.3 Å². The number of halogens is 2. The first-order valence-electron chi connectivity index (χ1n) is 12.9. The summed E-state index contributed by atoms with van der Waals surface area (Å²) in [5.74, 6) is 0.182. The van der Waals surface area contributed by atoms with Gasteiger partial charge in [-0.1, -0.05) is 67.0 Å². The molecule has 1 saturated heterocycles. The summed E-state index contributed by atoms with van der Waals surface area (Å²) >= 11 is 15.1. The number of amides is 2. The fourth-order valence-corrected chi connectivity index (χ4v) is 6.24. The van der Waals surface area contributed by atoms with Crippen LogP contribution in [0, 0.1) is 5.92 Å². The number of nitrogens with zero attached hydrogens (tertiary/aromatic N) is 2. The topological polar surface area (TPSA) is 100 Å². The maximum absolute atomic E-state index is 12.6. The van der Waals surface area contributed by atoms with Gasteiger partial charge < -0.3 is 16.4 Å². The first-order valence-corrected chi connectivity index (χ1v) is 15.5. The van der Waals surface area contributed by atoms with Crippen molar-refractivity contribution in [3.63, 3.8) is 0 Å². The molecule has 0 unspecified atom stereocenters. The van der Waals surface area contributed by atoms with Gasteiger partial charge in [-0.25, -0.2) is 4.98 Å². The number of likely N-dealkylation sites (tertiary alicyclic amines) is 1. The predicted octanol–water partition coefficient (Wildman–Crippen LogP) is 5.91. The molecule has 0 spiro atoms. The molecule has 39 heavy (non-hydrogen) atoms. The van der Waals surface area contributed by atoms with Gasteiger partial charge in [-0.05, 0) is 48.6 Å². The number of piperidine rings is 1. The van der Waals surface area contributed by atoms with E-state index >= 15 is 0 Å². The van der Waals surface area contributed by atoms with E-state index in [0.717, 1.165) is 53.6 Å². The molecule has 1 fully saturated rings. The Bertz CT molecular complexity index is 1290. The van der Waals surface area contributed by atoms with Gasteiger partial charge in [0, 0.05) is 42.3 Å². The Morgan fingerprint density at radius 3 is 2.64 bits per heavy atom. The minimum absolute atomic E-state index is 0.0193. The molecule has 7 nitrogen and oxygen atoms in total. The summed E-state index contributed by atoms with van der Waals surface area (Å²) in [7, 11) is 0. The van der Waals surface area contributed by atoms with E-state index in [0.29, 0.717) is 21.5 Å². The summed E-state index contributed by atoms with van der Waals surface area (Å²) in [5.41, 5.74) is 9.47. The zero-order valence-electron chi connectivity index (χ0n) is 22.0. The number of nitrogens with two attached hydrogens (primary N) is 1. The highest BCUT2D eigenvalue weighted by atomic mass is 35.5. The molecular formula is C28H33Cl2N5O2S2. The lowest BCUT2D eigenvalue weighted by Gasteiger charge is -2.32. The average molecular weight is 607 g/mol. The SMILES string of the molecule is CC(C)[C@H](N)C(=O)Nc1cccc(-c2csc(SCC(=O)NC3CCN(Cc4ccc(Cl)c(Cl)c4)CC3)n2)c1. The van der Waals surface area contributed by atoms with Gasteiger partial charge in [0.1, 0.15) is 0 Å². The maximum atomic E-state index is 12.6. The van der Waals surface area contributed by atoms with Gasteiger partial charge in [-0.3, -0.25) is 14.5 Å². The highest BCUT2D eigenvalue weighted by Gasteiger charge is 2.21. The maximum Gasteiger partial charge on any atom is 0.241 e. The summed E-state index contributed by atoms with van der Waals surface area (Å²) in [5, 5.41) is 9.15. The van der Waals surface area contributed by atoms with Crippen LogP contribution in [0.4, 0.5) is 5.69 Å². The van der Waals surface area contributed by atoms with E-state index < -0.39 is 6.04 Å². The Hall–Kier alpha value is -2.14. The van der Waals surface area contributed by atoms with E-state index in [1.807, 2.05) is 61.7 Å². The van der Waals surface area contributed by atoms with Crippen molar-refractivity contribution in [1.82, 2.24) is 15.2 Å². The highest BCUT2D eigenvalue weighted by molar-refractivity contribution is 8.01. The van der Waals surface area contributed by atoms with E-state index in [-0.39, 0.29) is 23.8 Å². The van der Waals surface area contributed by atoms with Crippen molar-refractivity contribution >= 4 is 63.8 Å². The van der Waals surface area contributed by atoms with Crippen molar-refractivity contribution < 1.29 is 9.59 Å². The van der Waals surface area contributed by atoms with Gasteiger partial charge in [0.05, 0.1) is 27.5 Å². The monoisotopic (exact) mass is 605 g/mol. The van der Waals surface area contributed by atoms with Gasteiger partial charge in [0.15, 0.2) is 4.34 Å². The van der Waals surface area contributed by atoms with Crippen LogP contribution in [0.3, 0.4) is 0 Å². The third-order valence-corrected chi connectivity index (χ3v) is 9.36. The molecule has 2 aromatic carbocycles. The smallest absolute Gasteiger partial charge is 0.241 e. The Balaban J connectivity index is 1.21. The number of hydrogen-bond acceptors (Lipinski definition) is 7. The molecule has 2 heterocycles. The van der Waals surface area contributed by atoms with Crippen molar-refractivity contribution in [2.45, 2.75) is 49.7 Å². The van der Waals surface area contributed by atoms with Crippen LogP contribution < -0.4 is 16.4 Å². The second kappa shape index (κ2) is 14.0. The van der Waals surface area contributed by atoms with Crippen LogP contribution in [-0.4, -0.2) is 52.6 Å². The van der Waals surface area contributed by atoms with Crippen LogP contribution in [0.25, 0.3) is 11.3 Å². The van der Waals surface area contributed by atoms with Crippen LogP contribution in [0.2, 0.25) is 10.0 Å². The number of carbonyl (C=O) groups excluding carboxylic acids is 2. The number of anilines is 1. The van der Waals surface area contributed by atoms with E-state index in [2.05, 4.69) is 20.5 Å². The Kier molecular flexibility index (Phi) is 10.7. The van der Waals surface area contributed by atoms with Crippen LogP contribution in [-0.2, 0) is 16.1 Å². The van der Waals surface area contributed by atoms with Gasteiger partial charge in [-0.15, -0.1) is 11.3 Å². The van der Waals surface area contributed by atoms with Crippen molar-refractivity contribution in [3.8, 4) is 11.3 Å². The Labute approximate surface area is 247 Å². The molecule has 208 valence electrons. The third-order valence-electron chi connectivity index (χ3n) is 6.60. The predicted molar refractivity (Wildman–Crippen MR) is 163 cm³/mol. The van der Waals surface area contributed by atoms with Crippen LogP contribution in [0.5, 0.6) is 0 Å². The Morgan fingerprint density at radius 1 is 1.15 bits per heavy atom. The van der Waals surface area contributed by atoms with Gasteiger partial charge in [-0.2, -0.15) is 0 Å². The largest absolute Gasteiger partial charge is 0.353 e. The molecule has 0 saturated carbocycles. The molecule has 1 atom stereocenters. The van der Waals surface area contributed by atoms with Crippen molar-refractivity contribution in [1.29, 1.82) is 0 Å². The van der Waals surface area contributed by atoms with E-state index in [9.17, 15) is 9.59 Å². The molecule has 1 aliphatic rings. The molecule has 0 aliphatic carbocycles. The van der Waals surface area contributed by atoms with Crippen molar-refractivity contribution in [2.24, 2.45) is 11.7 Å². The summed E-state index contributed by atoms with van der Waals surface area (Å²) in [6.45, 7) is 6.48. The lowest BCUT2D eigenvalue weighted by molar-refractivity contribution is -0.119. The second-order valence-corrected chi connectivity index (χ2v) is 12.9. The number of thioether (sulfide) groups is 1. The minimum atomic E-state index is -0.566. The zero-order valence-corrected chi connectivity index (χ0v) is 25.1. The summed E-state index contributed by atoms with van der Waals surface area (Å²) in [6.07, 6.45) is 1.82. The molecule has 0 radical (unpaired) electrons.